The summed E-state index contributed by atoms with van der Waals surface area (Å²) < 4.78 is 0. The van der Waals surface area contributed by atoms with Gasteiger partial charge in [0.2, 0.25) is 0 Å². The van der Waals surface area contributed by atoms with Crippen molar-refractivity contribution < 1.29 is 4.79 Å². The van der Waals surface area contributed by atoms with Gasteiger partial charge in [-0.15, -0.1) is 0 Å². The van der Waals surface area contributed by atoms with Crippen molar-refractivity contribution >= 4 is 5.78 Å². The van der Waals surface area contributed by atoms with Crippen LogP contribution in [-0.2, 0) is 4.79 Å². The molecule has 0 aromatic carbocycles. The molecular weight excluding hydrogens is 172 g/mol. The van der Waals surface area contributed by atoms with Gasteiger partial charge in [0.15, 0.2) is 0 Å². The van der Waals surface area contributed by atoms with Crippen molar-refractivity contribution in [3.05, 3.63) is 36.0 Å². The molecule has 0 radical (unpaired) electrons. The van der Waals surface area contributed by atoms with Crippen LogP contribution in [0.15, 0.2) is 36.0 Å². The van der Waals surface area contributed by atoms with E-state index in [0.717, 1.165) is 5.57 Å². The van der Waals surface area contributed by atoms with Crippen LogP contribution in [-0.4, -0.2) is 5.78 Å². The van der Waals surface area contributed by atoms with E-state index in [1.165, 1.54) is 5.57 Å². The van der Waals surface area contributed by atoms with Gasteiger partial charge in [0.1, 0.15) is 5.78 Å². The number of ketones is 1. The summed E-state index contributed by atoms with van der Waals surface area (Å²) in [5, 5.41) is 0. The maximum Gasteiger partial charge on any atom is 0.139 e. The Morgan fingerprint density at radius 2 is 1.71 bits per heavy atom. The van der Waals surface area contributed by atoms with Crippen molar-refractivity contribution in [1.29, 1.82) is 0 Å². The first-order valence-corrected chi connectivity index (χ1v) is 4.83. The Labute approximate surface area is 87.2 Å². The van der Waals surface area contributed by atoms with Crippen molar-refractivity contribution in [2.45, 2.75) is 34.6 Å². The van der Waals surface area contributed by atoms with Gasteiger partial charge in [-0.25, -0.2) is 0 Å². The van der Waals surface area contributed by atoms with E-state index in [0.29, 0.717) is 0 Å². The molecule has 0 spiro atoms. The Balaban J connectivity index is 4.66. The Morgan fingerprint density at radius 1 is 1.21 bits per heavy atom. The van der Waals surface area contributed by atoms with Gasteiger partial charge in [-0.2, -0.15) is 0 Å². The summed E-state index contributed by atoms with van der Waals surface area (Å²) in [7, 11) is 0. The number of hydrogen-bond donors (Lipinski definition) is 0. The molecule has 0 amide bonds. The Morgan fingerprint density at radius 3 is 2.07 bits per heavy atom. The summed E-state index contributed by atoms with van der Waals surface area (Å²) in [5.74, 6) is 0.144. The van der Waals surface area contributed by atoms with E-state index in [9.17, 15) is 4.79 Å². The van der Waals surface area contributed by atoms with Gasteiger partial charge in [-0.3, -0.25) is 4.79 Å². The van der Waals surface area contributed by atoms with Crippen LogP contribution in [0.3, 0.4) is 0 Å². The van der Waals surface area contributed by atoms with Crippen LogP contribution in [0, 0.1) is 5.41 Å². The lowest BCUT2D eigenvalue weighted by Gasteiger charge is -2.21. The minimum Gasteiger partial charge on any atom is -0.299 e. The molecule has 0 aliphatic rings. The highest BCUT2D eigenvalue weighted by Gasteiger charge is 2.25. The zero-order valence-electron chi connectivity index (χ0n) is 9.85. The molecule has 0 atom stereocenters. The van der Waals surface area contributed by atoms with E-state index in [1.54, 1.807) is 6.92 Å². The highest BCUT2D eigenvalue weighted by molar-refractivity contribution is 5.85. The van der Waals surface area contributed by atoms with E-state index in [4.69, 9.17) is 0 Å². The lowest BCUT2D eigenvalue weighted by molar-refractivity contribution is -0.123. The maximum absolute atomic E-state index is 11.3. The second-order valence-electron chi connectivity index (χ2n) is 4.07. The van der Waals surface area contributed by atoms with Crippen LogP contribution in [0.5, 0.6) is 0 Å². The molecule has 0 saturated carbocycles. The summed E-state index contributed by atoms with van der Waals surface area (Å²) in [5.41, 5.74) is 1.57. The van der Waals surface area contributed by atoms with Crippen LogP contribution in [0.1, 0.15) is 34.6 Å². The number of rotatable bonds is 4. The molecule has 1 nitrogen and oxygen atoms in total. The highest BCUT2D eigenvalue weighted by Crippen LogP contribution is 2.26. The molecule has 0 saturated heterocycles. The monoisotopic (exact) mass is 192 g/mol. The first-order chi connectivity index (χ1) is 6.32. The lowest BCUT2D eigenvalue weighted by Crippen LogP contribution is -2.22. The molecule has 0 aromatic rings. The molecule has 14 heavy (non-hydrogen) atoms. The van der Waals surface area contributed by atoms with Gasteiger partial charge < -0.3 is 0 Å². The predicted octanol–water partition coefficient (Wildman–Crippen LogP) is 3.68. The molecule has 0 fully saturated rings. The summed E-state index contributed by atoms with van der Waals surface area (Å²) >= 11 is 0. The molecule has 0 N–H and O–H groups in total. The van der Waals surface area contributed by atoms with E-state index in [-0.39, 0.29) is 5.78 Å². The van der Waals surface area contributed by atoms with Crippen molar-refractivity contribution in [3.63, 3.8) is 0 Å². The molecule has 0 rings (SSSR count). The number of allylic oxidation sites excluding steroid dienone is 5. The van der Waals surface area contributed by atoms with Crippen molar-refractivity contribution in [1.82, 2.24) is 0 Å². The fourth-order valence-corrected chi connectivity index (χ4v) is 0.763. The van der Waals surface area contributed by atoms with Crippen LogP contribution in [0.25, 0.3) is 0 Å². The quantitative estimate of drug-likeness (QED) is 0.621. The first-order valence-electron chi connectivity index (χ1n) is 4.83. The molecule has 0 aliphatic heterocycles. The Kier molecular flexibility index (Phi) is 4.55. The number of carbonyl (C=O) groups excluding carboxylic acids is 1. The van der Waals surface area contributed by atoms with Gasteiger partial charge in [0.25, 0.3) is 0 Å². The van der Waals surface area contributed by atoms with Gasteiger partial charge in [0.05, 0.1) is 0 Å². The molecule has 0 aliphatic carbocycles. The molecular formula is C13H20O. The van der Waals surface area contributed by atoms with Gasteiger partial charge in [-0.05, 0) is 40.2 Å². The predicted molar refractivity (Wildman–Crippen MR) is 62.2 cm³/mol. The zero-order valence-corrected chi connectivity index (χ0v) is 9.85. The number of Topliss-reactive ketones (excluding diaryl/α,β-unsaturated/α-hetero) is 1. The van der Waals surface area contributed by atoms with Crippen LogP contribution in [0.4, 0.5) is 0 Å². The van der Waals surface area contributed by atoms with Crippen LogP contribution in [0.2, 0.25) is 0 Å². The molecule has 78 valence electrons. The molecule has 0 heterocycles. The zero-order chi connectivity index (χ0) is 11.4. The first kappa shape index (κ1) is 12.9. The standard InChI is InChI=1S/C13H20O/c1-7-10(2)8-9-11(3)13(5,6)12(4)14/h7-9H,3H2,1-2,4-6H3/b9-8-,10-7-. The van der Waals surface area contributed by atoms with E-state index in [2.05, 4.69) is 6.58 Å². The number of carbonyl (C=O) groups is 1. The molecule has 0 unspecified atom stereocenters. The van der Waals surface area contributed by atoms with Gasteiger partial charge in [0, 0.05) is 5.41 Å². The maximum atomic E-state index is 11.3. The van der Waals surface area contributed by atoms with Crippen LogP contribution >= 0.6 is 0 Å². The minimum absolute atomic E-state index is 0.144. The Hall–Kier alpha value is -1.11. The third kappa shape index (κ3) is 3.33. The molecule has 1 heteroatoms. The average Bonchev–Trinajstić information content (AvgIpc) is 2.12. The van der Waals surface area contributed by atoms with Crippen molar-refractivity contribution in [2.75, 3.05) is 0 Å². The SMILES string of the molecule is C=C(/C=C\C(C)=C/C)C(C)(C)C(C)=O. The number of hydrogen-bond acceptors (Lipinski definition) is 1. The Bertz CT molecular complexity index is 290. The van der Waals surface area contributed by atoms with E-state index < -0.39 is 5.41 Å². The fraction of sp³-hybridized carbons (Fsp3) is 0.462. The third-order valence-electron chi connectivity index (χ3n) is 2.69. The second kappa shape index (κ2) is 4.94. The largest absolute Gasteiger partial charge is 0.299 e. The summed E-state index contributed by atoms with van der Waals surface area (Å²) in [4.78, 5) is 11.3. The van der Waals surface area contributed by atoms with Gasteiger partial charge in [-0.1, -0.05) is 30.4 Å². The second-order valence-corrected chi connectivity index (χ2v) is 4.07. The van der Waals surface area contributed by atoms with Gasteiger partial charge >= 0.3 is 0 Å². The highest BCUT2D eigenvalue weighted by atomic mass is 16.1. The van der Waals surface area contributed by atoms with Crippen molar-refractivity contribution in [3.8, 4) is 0 Å². The third-order valence-corrected chi connectivity index (χ3v) is 2.69. The molecule has 0 bridgehead atoms. The molecule has 0 aromatic heterocycles. The van der Waals surface area contributed by atoms with E-state index in [1.807, 2.05) is 45.9 Å². The van der Waals surface area contributed by atoms with E-state index >= 15 is 0 Å². The van der Waals surface area contributed by atoms with Crippen LogP contribution < -0.4 is 0 Å². The average molecular weight is 192 g/mol. The normalized spacial score (nSPS) is 13.4. The minimum atomic E-state index is -0.454. The topological polar surface area (TPSA) is 17.1 Å². The lowest BCUT2D eigenvalue weighted by atomic mass is 9.81. The smallest absolute Gasteiger partial charge is 0.139 e. The van der Waals surface area contributed by atoms with Crippen molar-refractivity contribution in [2.24, 2.45) is 5.41 Å². The summed E-state index contributed by atoms with van der Waals surface area (Å²) in [6.45, 7) is 13.3. The summed E-state index contributed by atoms with van der Waals surface area (Å²) in [6, 6.07) is 0. The fourth-order valence-electron chi connectivity index (χ4n) is 0.763. The summed E-state index contributed by atoms with van der Waals surface area (Å²) in [6.07, 6.45) is 5.91.